The molecule has 11 nitrogen and oxygen atoms in total. The summed E-state index contributed by atoms with van der Waals surface area (Å²) in [5.74, 6) is 1.10. The van der Waals surface area contributed by atoms with Crippen LogP contribution in [0.25, 0.3) is 27.7 Å². The molecule has 0 bridgehead atoms. The van der Waals surface area contributed by atoms with E-state index in [4.69, 9.17) is 4.74 Å². The van der Waals surface area contributed by atoms with Crippen LogP contribution >= 0.6 is 0 Å². The number of nitrogens with one attached hydrogen (secondary N) is 1. The summed E-state index contributed by atoms with van der Waals surface area (Å²) in [6.07, 6.45) is 4.53. The zero-order chi connectivity index (χ0) is 33.5. The van der Waals surface area contributed by atoms with Crippen molar-refractivity contribution in [2.75, 3.05) is 25.0 Å². The van der Waals surface area contributed by atoms with E-state index in [0.717, 1.165) is 30.6 Å². The fourth-order valence-electron chi connectivity index (χ4n) is 5.88. The lowest BCUT2D eigenvalue weighted by Crippen LogP contribution is -2.48. The number of aliphatic hydroxyl groups is 1. The van der Waals surface area contributed by atoms with Crippen molar-refractivity contribution in [1.29, 1.82) is 0 Å². The largest absolute Gasteiger partial charge is 0.485 e. The summed E-state index contributed by atoms with van der Waals surface area (Å²) < 4.78 is 8.73. The summed E-state index contributed by atoms with van der Waals surface area (Å²) in [6.45, 7) is 13.1. The van der Waals surface area contributed by atoms with Gasteiger partial charge in [-0.05, 0) is 80.7 Å². The third kappa shape index (κ3) is 6.68. The van der Waals surface area contributed by atoms with Gasteiger partial charge in [-0.25, -0.2) is 9.67 Å². The average Bonchev–Trinajstić information content (AvgIpc) is 3.01. The maximum absolute atomic E-state index is 13.7. The number of rotatable bonds is 9. The number of likely N-dealkylation sites (tertiary alicyclic amines) is 1. The number of pyridine rings is 1. The number of aryl methyl sites for hydroxylation is 1. The topological polar surface area (TPSA) is 127 Å². The molecule has 1 aliphatic rings. The lowest BCUT2D eigenvalue weighted by molar-refractivity contribution is 0.0350. The van der Waals surface area contributed by atoms with Gasteiger partial charge in [0, 0.05) is 30.1 Å². The van der Waals surface area contributed by atoms with E-state index in [1.54, 1.807) is 49.8 Å². The molecule has 0 radical (unpaired) electrons. The number of aromatic nitrogens is 5. The molecule has 0 atom stereocenters. The predicted molar refractivity (Wildman–Crippen MR) is 184 cm³/mol. The van der Waals surface area contributed by atoms with Crippen LogP contribution in [0.5, 0.6) is 5.75 Å². The van der Waals surface area contributed by atoms with Gasteiger partial charge >= 0.3 is 0 Å². The number of anilines is 2. The molecule has 0 unspecified atom stereocenters. The third-order valence-corrected chi connectivity index (χ3v) is 8.48. The summed E-state index contributed by atoms with van der Waals surface area (Å²) in [5.41, 5.74) is 2.13. The normalized spacial score (nSPS) is 13.9. The van der Waals surface area contributed by atoms with E-state index >= 15 is 0 Å². The Morgan fingerprint density at radius 1 is 0.957 bits per heavy atom. The summed E-state index contributed by atoms with van der Waals surface area (Å²) in [5, 5.41) is 23.9. The summed E-state index contributed by atoms with van der Waals surface area (Å²) in [7, 11) is 1.56. The first-order valence-electron chi connectivity index (χ1n) is 15.8. The molecule has 4 heterocycles. The molecule has 5 aromatic rings. The van der Waals surface area contributed by atoms with Gasteiger partial charge in [-0.3, -0.25) is 14.5 Å². The van der Waals surface area contributed by atoms with E-state index in [1.807, 2.05) is 24.3 Å². The highest BCUT2D eigenvalue weighted by atomic mass is 16.5. The first-order valence-corrected chi connectivity index (χ1v) is 15.8. The molecule has 6 rings (SSSR count). The number of hydrogen-bond acceptors (Lipinski definition) is 9. The van der Waals surface area contributed by atoms with Gasteiger partial charge < -0.3 is 15.2 Å². The van der Waals surface area contributed by atoms with Gasteiger partial charge in [0.1, 0.15) is 22.9 Å². The molecule has 0 aliphatic carbocycles. The van der Waals surface area contributed by atoms with Crippen LogP contribution in [0.3, 0.4) is 0 Å². The first kappa shape index (κ1) is 32.1. The van der Waals surface area contributed by atoms with Gasteiger partial charge in [-0.1, -0.05) is 39.0 Å². The van der Waals surface area contributed by atoms with Gasteiger partial charge in [0.2, 0.25) is 0 Å². The van der Waals surface area contributed by atoms with Gasteiger partial charge in [-0.2, -0.15) is 14.9 Å². The molecule has 1 aliphatic heterocycles. The number of hydrogen-bond donors (Lipinski definition) is 2. The third-order valence-electron chi connectivity index (χ3n) is 8.48. The second-order valence-corrected chi connectivity index (χ2v) is 13.7. The standard InChI is InChI=1S/C36H41N7O4/c1-35(2,3)24-11-13-26-23(17-24)19-38-43(33(26)45)31-10-7-9-27(28(31)21-44)29-18-30(34(46)41(6)40-29)39-32-14-12-25(20-37-32)47-36(4,5)22-42-15-8-16-42/h7,9-14,17-20,44H,8,15-16,21-22H2,1-6H3,(H,37,39). The van der Waals surface area contributed by atoms with Crippen LogP contribution < -0.4 is 21.2 Å². The van der Waals surface area contributed by atoms with Crippen molar-refractivity contribution in [1.82, 2.24) is 29.4 Å². The maximum Gasteiger partial charge on any atom is 0.290 e. The van der Waals surface area contributed by atoms with E-state index in [1.165, 1.54) is 15.8 Å². The predicted octanol–water partition coefficient (Wildman–Crippen LogP) is 4.94. The molecular formula is C36H41N7O4. The highest BCUT2D eigenvalue weighted by Crippen LogP contribution is 2.29. The molecule has 1 fully saturated rings. The Labute approximate surface area is 273 Å². The lowest BCUT2D eigenvalue weighted by atomic mass is 9.86. The Kier molecular flexibility index (Phi) is 8.46. The minimum atomic E-state index is -0.384. The molecule has 0 spiro atoms. The minimum absolute atomic E-state index is 0.0731. The van der Waals surface area contributed by atoms with Crippen molar-refractivity contribution < 1.29 is 9.84 Å². The Bertz CT molecular complexity index is 2060. The average molecular weight is 636 g/mol. The zero-order valence-electron chi connectivity index (χ0n) is 27.7. The molecule has 2 aromatic carbocycles. The van der Waals surface area contributed by atoms with Gasteiger partial charge in [0.25, 0.3) is 11.1 Å². The monoisotopic (exact) mass is 635 g/mol. The molecule has 11 heteroatoms. The molecular weight excluding hydrogens is 594 g/mol. The second-order valence-electron chi connectivity index (χ2n) is 13.7. The number of nitrogens with zero attached hydrogens (tertiary/aromatic N) is 6. The van der Waals surface area contributed by atoms with Crippen LogP contribution in [0.1, 0.15) is 52.2 Å². The SMILES string of the molecule is Cn1nc(-c2cccc(-n3ncc4cc(C(C)(C)C)ccc4c3=O)c2CO)cc(Nc2ccc(OC(C)(C)CN3CCC3)cn2)c1=O. The van der Waals surface area contributed by atoms with Crippen LogP contribution in [0, 0.1) is 0 Å². The fourth-order valence-corrected chi connectivity index (χ4v) is 5.88. The molecule has 2 N–H and O–H groups in total. The summed E-state index contributed by atoms with van der Waals surface area (Å²) in [4.78, 5) is 33.6. The van der Waals surface area contributed by atoms with Crippen molar-refractivity contribution in [3.63, 3.8) is 0 Å². The van der Waals surface area contributed by atoms with E-state index < -0.39 is 0 Å². The molecule has 0 saturated carbocycles. The maximum atomic E-state index is 13.7. The van der Waals surface area contributed by atoms with E-state index in [2.05, 4.69) is 60.0 Å². The Hall–Kier alpha value is -4.87. The Balaban J connectivity index is 1.31. The van der Waals surface area contributed by atoms with Crippen molar-refractivity contribution in [3.05, 3.63) is 98.8 Å². The molecule has 3 aromatic heterocycles. The number of aliphatic hydroxyl groups excluding tert-OH is 1. The van der Waals surface area contributed by atoms with Gasteiger partial charge in [-0.15, -0.1) is 0 Å². The van der Waals surface area contributed by atoms with Crippen LogP contribution in [0.4, 0.5) is 11.5 Å². The summed E-state index contributed by atoms with van der Waals surface area (Å²) >= 11 is 0. The van der Waals surface area contributed by atoms with Crippen LogP contribution in [0.2, 0.25) is 0 Å². The summed E-state index contributed by atoms with van der Waals surface area (Å²) in [6, 6.07) is 16.3. The van der Waals surface area contributed by atoms with E-state index in [9.17, 15) is 14.7 Å². The van der Waals surface area contributed by atoms with Crippen molar-refractivity contribution >= 4 is 22.3 Å². The number of benzene rings is 2. The molecule has 0 amide bonds. The molecule has 1 saturated heterocycles. The smallest absolute Gasteiger partial charge is 0.290 e. The van der Waals surface area contributed by atoms with Crippen LogP contribution in [-0.4, -0.2) is 59.8 Å². The minimum Gasteiger partial charge on any atom is -0.485 e. The molecule has 244 valence electrons. The number of fused-ring (bicyclic) bond motifs is 1. The Morgan fingerprint density at radius 3 is 2.40 bits per heavy atom. The van der Waals surface area contributed by atoms with Crippen LogP contribution in [-0.2, 0) is 19.1 Å². The lowest BCUT2D eigenvalue weighted by Gasteiger charge is -2.38. The van der Waals surface area contributed by atoms with Gasteiger partial charge in [0.15, 0.2) is 0 Å². The highest BCUT2D eigenvalue weighted by Gasteiger charge is 2.27. The second kappa shape index (κ2) is 12.4. The quantitative estimate of drug-likeness (QED) is 0.232. The van der Waals surface area contributed by atoms with E-state index in [-0.39, 0.29) is 34.4 Å². The van der Waals surface area contributed by atoms with Gasteiger partial charge in [0.05, 0.1) is 35.8 Å². The van der Waals surface area contributed by atoms with Crippen LogP contribution in [0.15, 0.2) is 76.6 Å². The first-order chi connectivity index (χ1) is 22.3. The zero-order valence-corrected chi connectivity index (χ0v) is 27.7. The van der Waals surface area contributed by atoms with Crippen molar-refractivity contribution in [3.8, 4) is 22.7 Å². The highest BCUT2D eigenvalue weighted by molar-refractivity contribution is 5.82. The van der Waals surface area contributed by atoms with Crippen molar-refractivity contribution in [2.24, 2.45) is 7.05 Å². The Morgan fingerprint density at radius 2 is 1.74 bits per heavy atom. The van der Waals surface area contributed by atoms with Crippen molar-refractivity contribution in [2.45, 2.75) is 58.7 Å². The van der Waals surface area contributed by atoms with E-state index in [0.29, 0.717) is 39.5 Å². The molecule has 47 heavy (non-hydrogen) atoms. The fraction of sp³-hybridized carbons (Fsp3) is 0.361. The number of ether oxygens (including phenoxy) is 1.